The van der Waals surface area contributed by atoms with Gasteiger partial charge in [0.1, 0.15) is 5.01 Å². The van der Waals surface area contributed by atoms with Gasteiger partial charge in [-0.3, -0.25) is 9.78 Å². The molecule has 0 radical (unpaired) electrons. The number of carbonyl (C=O) groups is 1. The van der Waals surface area contributed by atoms with Gasteiger partial charge in [0, 0.05) is 18.1 Å². The second kappa shape index (κ2) is 8.44. The molecule has 7 heteroatoms. The van der Waals surface area contributed by atoms with E-state index in [0.29, 0.717) is 18.0 Å². The zero-order valence-corrected chi connectivity index (χ0v) is 15.4. The number of methoxy groups -OCH3 is 2. The highest BCUT2D eigenvalue weighted by molar-refractivity contribution is 7.13. The van der Waals surface area contributed by atoms with E-state index in [1.807, 2.05) is 41.8 Å². The van der Waals surface area contributed by atoms with Crippen molar-refractivity contribution in [3.63, 3.8) is 0 Å². The maximum absolute atomic E-state index is 12.2. The molecule has 0 saturated heterocycles. The first-order valence-corrected chi connectivity index (χ1v) is 8.91. The van der Waals surface area contributed by atoms with Gasteiger partial charge in [-0.05, 0) is 29.8 Å². The number of carbonyl (C=O) groups excluding carboxylic acids is 1. The molecule has 0 aliphatic heterocycles. The Kier molecular flexibility index (Phi) is 5.80. The number of nitrogens with zero attached hydrogens (tertiary/aromatic N) is 2. The SMILES string of the molecule is COc1ccc(CNC(=O)Cc2csc(-c3ccccn3)n2)cc1OC. The maximum Gasteiger partial charge on any atom is 0.226 e. The molecular formula is C19H19N3O3S. The van der Waals surface area contributed by atoms with E-state index in [1.54, 1.807) is 20.4 Å². The lowest BCUT2D eigenvalue weighted by molar-refractivity contribution is -0.120. The molecule has 0 spiro atoms. The number of amides is 1. The molecule has 1 amide bonds. The molecule has 26 heavy (non-hydrogen) atoms. The number of pyridine rings is 1. The van der Waals surface area contributed by atoms with E-state index in [1.165, 1.54) is 11.3 Å². The van der Waals surface area contributed by atoms with Crippen LogP contribution < -0.4 is 14.8 Å². The number of thiazole rings is 1. The molecule has 0 aliphatic rings. The molecule has 1 aromatic carbocycles. The number of nitrogens with one attached hydrogen (secondary N) is 1. The zero-order chi connectivity index (χ0) is 18.4. The molecule has 3 rings (SSSR count). The van der Waals surface area contributed by atoms with Crippen LogP contribution in [0.25, 0.3) is 10.7 Å². The van der Waals surface area contributed by atoms with Gasteiger partial charge in [0.15, 0.2) is 11.5 Å². The number of rotatable bonds is 7. The minimum atomic E-state index is -0.0855. The summed E-state index contributed by atoms with van der Waals surface area (Å²) in [6, 6.07) is 11.2. The smallest absolute Gasteiger partial charge is 0.226 e. The Morgan fingerprint density at radius 3 is 2.73 bits per heavy atom. The molecule has 1 N–H and O–H groups in total. The Bertz CT molecular complexity index is 881. The quantitative estimate of drug-likeness (QED) is 0.693. The van der Waals surface area contributed by atoms with Crippen molar-refractivity contribution in [1.29, 1.82) is 0 Å². The summed E-state index contributed by atoms with van der Waals surface area (Å²) in [6.45, 7) is 0.413. The number of ether oxygens (including phenoxy) is 2. The molecule has 0 bridgehead atoms. The summed E-state index contributed by atoms with van der Waals surface area (Å²) in [5, 5.41) is 5.60. The summed E-state index contributed by atoms with van der Waals surface area (Å²) in [4.78, 5) is 20.9. The summed E-state index contributed by atoms with van der Waals surface area (Å²) in [5.74, 6) is 1.21. The summed E-state index contributed by atoms with van der Waals surface area (Å²) in [5.41, 5.74) is 2.48. The Morgan fingerprint density at radius 1 is 1.15 bits per heavy atom. The van der Waals surface area contributed by atoms with Crippen molar-refractivity contribution < 1.29 is 14.3 Å². The van der Waals surface area contributed by atoms with Crippen LogP contribution >= 0.6 is 11.3 Å². The molecule has 0 atom stereocenters. The first-order valence-electron chi connectivity index (χ1n) is 8.03. The van der Waals surface area contributed by atoms with E-state index in [2.05, 4.69) is 15.3 Å². The van der Waals surface area contributed by atoms with Crippen molar-refractivity contribution in [3.8, 4) is 22.2 Å². The van der Waals surface area contributed by atoms with E-state index in [4.69, 9.17) is 9.47 Å². The van der Waals surface area contributed by atoms with Gasteiger partial charge in [-0.2, -0.15) is 0 Å². The van der Waals surface area contributed by atoms with Crippen LogP contribution in [0.2, 0.25) is 0 Å². The number of hydrogen-bond donors (Lipinski definition) is 1. The molecule has 134 valence electrons. The normalized spacial score (nSPS) is 10.4. The molecule has 0 saturated carbocycles. The van der Waals surface area contributed by atoms with Gasteiger partial charge in [0.25, 0.3) is 0 Å². The Balaban J connectivity index is 1.57. The lowest BCUT2D eigenvalue weighted by Crippen LogP contribution is -2.24. The second-order valence-electron chi connectivity index (χ2n) is 5.50. The van der Waals surface area contributed by atoms with Crippen molar-refractivity contribution in [1.82, 2.24) is 15.3 Å². The number of hydrogen-bond acceptors (Lipinski definition) is 6. The second-order valence-corrected chi connectivity index (χ2v) is 6.36. The minimum absolute atomic E-state index is 0.0855. The molecule has 0 fully saturated rings. The molecule has 6 nitrogen and oxygen atoms in total. The van der Waals surface area contributed by atoms with Gasteiger partial charge in [0.05, 0.1) is 32.0 Å². The first kappa shape index (κ1) is 17.9. The number of benzene rings is 1. The van der Waals surface area contributed by atoms with Crippen molar-refractivity contribution in [2.75, 3.05) is 14.2 Å². The van der Waals surface area contributed by atoms with E-state index >= 15 is 0 Å². The largest absolute Gasteiger partial charge is 0.493 e. The first-order chi connectivity index (χ1) is 12.7. The van der Waals surface area contributed by atoms with Crippen LogP contribution in [-0.2, 0) is 17.8 Å². The van der Waals surface area contributed by atoms with Crippen LogP contribution in [0, 0.1) is 0 Å². The van der Waals surface area contributed by atoms with E-state index in [-0.39, 0.29) is 12.3 Å². The maximum atomic E-state index is 12.2. The van der Waals surface area contributed by atoms with Gasteiger partial charge in [-0.15, -0.1) is 11.3 Å². The standard InChI is InChI=1S/C19H19N3O3S/c1-24-16-7-6-13(9-17(16)25-2)11-21-18(23)10-14-12-26-19(22-14)15-5-3-4-8-20-15/h3-9,12H,10-11H2,1-2H3,(H,21,23). The van der Waals surface area contributed by atoms with Gasteiger partial charge >= 0.3 is 0 Å². The fourth-order valence-corrected chi connectivity index (χ4v) is 3.21. The lowest BCUT2D eigenvalue weighted by Gasteiger charge is -2.10. The fraction of sp³-hybridized carbons (Fsp3) is 0.211. The van der Waals surface area contributed by atoms with Crippen molar-refractivity contribution in [2.24, 2.45) is 0 Å². The monoisotopic (exact) mass is 369 g/mol. The van der Waals surface area contributed by atoms with Crippen LogP contribution in [0.3, 0.4) is 0 Å². The molecule has 2 aromatic heterocycles. The van der Waals surface area contributed by atoms with E-state index in [0.717, 1.165) is 22.0 Å². The average Bonchev–Trinajstić information content (AvgIpc) is 3.15. The highest BCUT2D eigenvalue weighted by Gasteiger charge is 2.10. The van der Waals surface area contributed by atoms with Crippen LogP contribution in [0.4, 0.5) is 0 Å². The van der Waals surface area contributed by atoms with Gasteiger partial charge < -0.3 is 14.8 Å². The molecular weight excluding hydrogens is 350 g/mol. The Morgan fingerprint density at radius 2 is 2.00 bits per heavy atom. The van der Waals surface area contributed by atoms with E-state index in [9.17, 15) is 4.79 Å². The number of aromatic nitrogens is 2. The van der Waals surface area contributed by atoms with Crippen molar-refractivity contribution in [3.05, 3.63) is 59.2 Å². The van der Waals surface area contributed by atoms with Crippen LogP contribution in [-0.4, -0.2) is 30.1 Å². The lowest BCUT2D eigenvalue weighted by atomic mass is 10.2. The van der Waals surface area contributed by atoms with Gasteiger partial charge in [-0.1, -0.05) is 12.1 Å². The molecule has 2 heterocycles. The highest BCUT2D eigenvalue weighted by atomic mass is 32.1. The third-order valence-electron chi connectivity index (χ3n) is 3.72. The average molecular weight is 369 g/mol. The third kappa shape index (κ3) is 4.37. The minimum Gasteiger partial charge on any atom is -0.493 e. The topological polar surface area (TPSA) is 73.3 Å². The summed E-state index contributed by atoms with van der Waals surface area (Å²) >= 11 is 1.48. The predicted octanol–water partition coefficient (Wildman–Crippen LogP) is 3.08. The van der Waals surface area contributed by atoms with Crippen molar-refractivity contribution >= 4 is 17.2 Å². The Hall–Kier alpha value is -2.93. The third-order valence-corrected chi connectivity index (χ3v) is 4.63. The van der Waals surface area contributed by atoms with Crippen LogP contribution in [0.5, 0.6) is 11.5 Å². The Labute approximate surface area is 155 Å². The van der Waals surface area contributed by atoms with Crippen LogP contribution in [0.1, 0.15) is 11.3 Å². The summed E-state index contributed by atoms with van der Waals surface area (Å²) in [7, 11) is 3.17. The van der Waals surface area contributed by atoms with Gasteiger partial charge in [0.2, 0.25) is 5.91 Å². The van der Waals surface area contributed by atoms with Crippen molar-refractivity contribution in [2.45, 2.75) is 13.0 Å². The molecule has 0 unspecified atom stereocenters. The van der Waals surface area contributed by atoms with Gasteiger partial charge in [-0.25, -0.2) is 4.98 Å². The fourth-order valence-electron chi connectivity index (χ4n) is 2.41. The molecule has 0 aliphatic carbocycles. The molecule has 3 aromatic rings. The summed E-state index contributed by atoms with van der Waals surface area (Å²) in [6.07, 6.45) is 1.96. The highest BCUT2D eigenvalue weighted by Crippen LogP contribution is 2.27. The zero-order valence-electron chi connectivity index (χ0n) is 14.6. The van der Waals surface area contributed by atoms with Crippen LogP contribution in [0.15, 0.2) is 48.0 Å². The summed E-state index contributed by atoms with van der Waals surface area (Å²) < 4.78 is 10.5. The van der Waals surface area contributed by atoms with E-state index < -0.39 is 0 Å². The predicted molar refractivity (Wildman–Crippen MR) is 100 cm³/mol.